The van der Waals surface area contributed by atoms with Crippen LogP contribution in [0.3, 0.4) is 0 Å². The molecule has 0 aliphatic heterocycles. The van der Waals surface area contributed by atoms with Crippen LogP contribution >= 0.6 is 15.9 Å². The zero-order valence-electron chi connectivity index (χ0n) is 11.2. The van der Waals surface area contributed by atoms with Crippen molar-refractivity contribution >= 4 is 21.6 Å². The van der Waals surface area contributed by atoms with Crippen molar-refractivity contribution in [3.05, 3.63) is 40.1 Å². The number of benzene rings is 1. The molecule has 0 radical (unpaired) electrons. The Bertz CT molecular complexity index is 549. The standard InChI is InChI=1S/C14H18BrN3O/c1-3-12-14(15)13(18(4-2)17-12)9-19-11-7-5-10(16)6-8-11/h5-8H,3-4,9,16H2,1-2H3. The van der Waals surface area contributed by atoms with E-state index in [1.165, 1.54) is 0 Å². The van der Waals surface area contributed by atoms with Crippen molar-refractivity contribution in [2.24, 2.45) is 0 Å². The van der Waals surface area contributed by atoms with E-state index in [2.05, 4.69) is 34.9 Å². The highest BCUT2D eigenvalue weighted by Gasteiger charge is 2.14. The molecule has 0 aliphatic rings. The Hall–Kier alpha value is -1.49. The van der Waals surface area contributed by atoms with Crippen LogP contribution in [0.1, 0.15) is 25.2 Å². The lowest BCUT2D eigenvalue weighted by atomic mass is 10.3. The number of rotatable bonds is 5. The van der Waals surface area contributed by atoms with Crippen molar-refractivity contribution in [2.75, 3.05) is 5.73 Å². The second kappa shape index (κ2) is 6.10. The summed E-state index contributed by atoms with van der Waals surface area (Å²) in [5.74, 6) is 0.808. The highest BCUT2D eigenvalue weighted by atomic mass is 79.9. The lowest BCUT2D eigenvalue weighted by molar-refractivity contribution is 0.291. The van der Waals surface area contributed by atoms with Gasteiger partial charge in [0, 0.05) is 12.2 Å². The van der Waals surface area contributed by atoms with Crippen molar-refractivity contribution in [1.82, 2.24) is 9.78 Å². The van der Waals surface area contributed by atoms with Gasteiger partial charge in [0.05, 0.1) is 15.9 Å². The Morgan fingerprint density at radius 2 is 1.95 bits per heavy atom. The number of nitrogens with zero attached hydrogens (tertiary/aromatic N) is 2. The van der Waals surface area contributed by atoms with Gasteiger partial charge in [-0.1, -0.05) is 6.92 Å². The molecule has 2 aromatic rings. The summed E-state index contributed by atoms with van der Waals surface area (Å²) in [7, 11) is 0. The zero-order chi connectivity index (χ0) is 13.8. The minimum atomic E-state index is 0.491. The number of hydrogen-bond donors (Lipinski definition) is 1. The first-order valence-electron chi connectivity index (χ1n) is 6.38. The van der Waals surface area contributed by atoms with Crippen LogP contribution in [-0.4, -0.2) is 9.78 Å². The minimum absolute atomic E-state index is 0.491. The number of anilines is 1. The van der Waals surface area contributed by atoms with Crippen molar-refractivity contribution in [3.8, 4) is 5.75 Å². The molecule has 5 heteroatoms. The SMILES string of the molecule is CCc1nn(CC)c(COc2ccc(N)cc2)c1Br. The number of nitrogens with two attached hydrogens (primary N) is 1. The highest BCUT2D eigenvalue weighted by Crippen LogP contribution is 2.24. The Kier molecular flexibility index (Phi) is 4.47. The molecule has 0 amide bonds. The van der Waals surface area contributed by atoms with Crippen LogP contribution in [0, 0.1) is 0 Å². The van der Waals surface area contributed by atoms with Gasteiger partial charge in [0.15, 0.2) is 0 Å². The van der Waals surface area contributed by atoms with Crippen molar-refractivity contribution in [3.63, 3.8) is 0 Å². The normalized spacial score (nSPS) is 10.7. The number of aromatic nitrogens is 2. The molecule has 0 spiro atoms. The van der Waals surface area contributed by atoms with Crippen LogP contribution < -0.4 is 10.5 Å². The van der Waals surface area contributed by atoms with E-state index in [9.17, 15) is 0 Å². The van der Waals surface area contributed by atoms with Crippen LogP contribution in [0.5, 0.6) is 5.75 Å². The van der Waals surface area contributed by atoms with E-state index in [1.54, 1.807) is 0 Å². The van der Waals surface area contributed by atoms with E-state index >= 15 is 0 Å². The van der Waals surface area contributed by atoms with E-state index in [4.69, 9.17) is 10.5 Å². The van der Waals surface area contributed by atoms with Gasteiger partial charge in [-0.3, -0.25) is 4.68 Å². The summed E-state index contributed by atoms with van der Waals surface area (Å²) < 4.78 is 8.80. The Labute approximate surface area is 121 Å². The van der Waals surface area contributed by atoms with E-state index in [1.807, 2.05) is 28.9 Å². The zero-order valence-corrected chi connectivity index (χ0v) is 12.8. The number of ether oxygens (including phenoxy) is 1. The molecule has 0 saturated heterocycles. The second-order valence-electron chi connectivity index (χ2n) is 4.23. The fourth-order valence-electron chi connectivity index (χ4n) is 1.87. The predicted molar refractivity (Wildman–Crippen MR) is 80.2 cm³/mol. The monoisotopic (exact) mass is 323 g/mol. The average molecular weight is 324 g/mol. The summed E-state index contributed by atoms with van der Waals surface area (Å²) in [4.78, 5) is 0. The highest BCUT2D eigenvalue weighted by molar-refractivity contribution is 9.10. The van der Waals surface area contributed by atoms with Crippen molar-refractivity contribution in [1.29, 1.82) is 0 Å². The average Bonchev–Trinajstić information content (AvgIpc) is 2.74. The first kappa shape index (κ1) is 13.9. The third kappa shape index (κ3) is 3.10. The Morgan fingerprint density at radius 3 is 2.53 bits per heavy atom. The molecule has 102 valence electrons. The molecule has 0 atom stereocenters. The quantitative estimate of drug-likeness (QED) is 0.858. The van der Waals surface area contributed by atoms with E-state index in [-0.39, 0.29) is 0 Å². The van der Waals surface area contributed by atoms with Crippen molar-refractivity contribution < 1.29 is 4.74 Å². The first-order chi connectivity index (χ1) is 9.15. The summed E-state index contributed by atoms with van der Waals surface area (Å²) in [6.07, 6.45) is 0.905. The van der Waals surface area contributed by atoms with Gasteiger partial charge in [0.2, 0.25) is 0 Å². The largest absolute Gasteiger partial charge is 0.487 e. The van der Waals surface area contributed by atoms with Gasteiger partial charge in [-0.2, -0.15) is 5.10 Å². The van der Waals surface area contributed by atoms with Crippen LogP contribution in [0.4, 0.5) is 5.69 Å². The molecule has 1 aromatic heterocycles. The Morgan fingerprint density at radius 1 is 1.26 bits per heavy atom. The lowest BCUT2D eigenvalue weighted by Gasteiger charge is -2.08. The lowest BCUT2D eigenvalue weighted by Crippen LogP contribution is -2.06. The number of aryl methyl sites for hydroxylation is 2. The summed E-state index contributed by atoms with van der Waals surface area (Å²) in [5.41, 5.74) is 8.52. The summed E-state index contributed by atoms with van der Waals surface area (Å²) in [5, 5.41) is 4.54. The minimum Gasteiger partial charge on any atom is -0.487 e. The van der Waals surface area contributed by atoms with Crippen LogP contribution in [0.2, 0.25) is 0 Å². The molecule has 0 aliphatic carbocycles. The van der Waals surface area contributed by atoms with Crippen LogP contribution in [0.15, 0.2) is 28.7 Å². The molecule has 1 aromatic carbocycles. The molecule has 19 heavy (non-hydrogen) atoms. The molecule has 1 heterocycles. The molecule has 2 N–H and O–H groups in total. The fourth-order valence-corrected chi connectivity index (χ4v) is 2.55. The smallest absolute Gasteiger partial charge is 0.131 e. The van der Waals surface area contributed by atoms with Crippen molar-refractivity contribution in [2.45, 2.75) is 33.4 Å². The van der Waals surface area contributed by atoms with E-state index < -0.39 is 0 Å². The first-order valence-corrected chi connectivity index (χ1v) is 7.17. The van der Waals surface area contributed by atoms with E-state index in [0.717, 1.165) is 40.3 Å². The maximum absolute atomic E-state index is 5.78. The van der Waals surface area contributed by atoms with Gasteiger partial charge in [-0.15, -0.1) is 0 Å². The maximum Gasteiger partial charge on any atom is 0.131 e. The molecular weight excluding hydrogens is 306 g/mol. The van der Waals surface area contributed by atoms with Gasteiger partial charge in [-0.05, 0) is 53.5 Å². The molecule has 0 fully saturated rings. The van der Waals surface area contributed by atoms with Crippen LogP contribution in [0.25, 0.3) is 0 Å². The fraction of sp³-hybridized carbons (Fsp3) is 0.357. The van der Waals surface area contributed by atoms with Gasteiger partial charge in [0.25, 0.3) is 0 Å². The van der Waals surface area contributed by atoms with Gasteiger partial charge in [-0.25, -0.2) is 0 Å². The molecule has 4 nitrogen and oxygen atoms in total. The van der Waals surface area contributed by atoms with Crippen LogP contribution in [-0.2, 0) is 19.6 Å². The topological polar surface area (TPSA) is 53.1 Å². The number of hydrogen-bond acceptors (Lipinski definition) is 3. The number of halogens is 1. The van der Waals surface area contributed by atoms with Gasteiger partial charge in [0.1, 0.15) is 12.4 Å². The number of nitrogen functional groups attached to an aromatic ring is 1. The van der Waals surface area contributed by atoms with E-state index in [0.29, 0.717) is 6.61 Å². The molecule has 0 saturated carbocycles. The molecule has 2 rings (SSSR count). The third-order valence-electron chi connectivity index (χ3n) is 2.95. The predicted octanol–water partition coefficient (Wildman–Crippen LogP) is 3.39. The molecule has 0 bridgehead atoms. The summed E-state index contributed by atoms with van der Waals surface area (Å²) in [6.45, 7) is 5.49. The molecule has 0 unspecified atom stereocenters. The molecular formula is C14H18BrN3O. The third-order valence-corrected chi connectivity index (χ3v) is 3.87. The Balaban J connectivity index is 2.14. The second-order valence-corrected chi connectivity index (χ2v) is 5.03. The van der Waals surface area contributed by atoms with Gasteiger partial charge < -0.3 is 10.5 Å². The maximum atomic E-state index is 5.78. The summed E-state index contributed by atoms with van der Waals surface area (Å²) in [6, 6.07) is 7.41. The summed E-state index contributed by atoms with van der Waals surface area (Å²) >= 11 is 3.60. The van der Waals surface area contributed by atoms with Gasteiger partial charge >= 0.3 is 0 Å².